The van der Waals surface area contributed by atoms with E-state index in [-0.39, 0.29) is 5.91 Å². The number of rotatable bonds is 7. The van der Waals surface area contributed by atoms with Crippen LogP contribution in [0.3, 0.4) is 0 Å². The zero-order valence-corrected chi connectivity index (χ0v) is 12.9. The van der Waals surface area contributed by atoms with Crippen molar-refractivity contribution in [1.82, 2.24) is 5.32 Å². The van der Waals surface area contributed by atoms with Crippen molar-refractivity contribution < 1.29 is 13.9 Å². The molecule has 0 bridgehead atoms. The van der Waals surface area contributed by atoms with Crippen LogP contribution >= 0.6 is 0 Å². The molecule has 0 aliphatic carbocycles. The van der Waals surface area contributed by atoms with Gasteiger partial charge in [0.1, 0.15) is 11.3 Å². The molecule has 114 valence electrons. The second kappa shape index (κ2) is 7.16. The molecule has 0 aliphatic rings. The fourth-order valence-electron chi connectivity index (χ4n) is 2.30. The molecular weight excluding hydrogens is 266 g/mol. The molecule has 0 aliphatic heterocycles. The van der Waals surface area contributed by atoms with Crippen molar-refractivity contribution in [3.63, 3.8) is 0 Å². The van der Waals surface area contributed by atoms with E-state index >= 15 is 0 Å². The van der Waals surface area contributed by atoms with Gasteiger partial charge in [0.25, 0.3) is 0 Å². The Morgan fingerprint density at radius 1 is 1.38 bits per heavy atom. The van der Waals surface area contributed by atoms with E-state index in [0.29, 0.717) is 12.3 Å². The van der Waals surface area contributed by atoms with Crippen molar-refractivity contribution in [2.45, 2.75) is 33.1 Å². The van der Waals surface area contributed by atoms with Gasteiger partial charge in [-0.1, -0.05) is 13.8 Å². The van der Waals surface area contributed by atoms with E-state index in [1.165, 1.54) is 0 Å². The lowest BCUT2D eigenvalue weighted by molar-refractivity contribution is -0.120. The normalized spacial score (nSPS) is 11.0. The molecule has 4 nitrogen and oxygen atoms in total. The van der Waals surface area contributed by atoms with Gasteiger partial charge in [-0.2, -0.15) is 0 Å². The molecule has 1 heterocycles. The largest absolute Gasteiger partial charge is 0.497 e. The highest BCUT2D eigenvalue weighted by Crippen LogP contribution is 2.25. The summed E-state index contributed by atoms with van der Waals surface area (Å²) in [6.45, 7) is 5.11. The second-order valence-electron chi connectivity index (χ2n) is 5.69. The molecule has 0 radical (unpaired) electrons. The summed E-state index contributed by atoms with van der Waals surface area (Å²) in [4.78, 5) is 11.9. The molecule has 4 heteroatoms. The van der Waals surface area contributed by atoms with E-state index in [9.17, 15) is 4.79 Å². The highest BCUT2D eigenvalue weighted by atomic mass is 16.5. The van der Waals surface area contributed by atoms with Crippen molar-refractivity contribution in [1.29, 1.82) is 0 Å². The molecular formula is C17H23NO3. The fraction of sp³-hybridized carbons (Fsp3) is 0.471. The first-order valence-corrected chi connectivity index (χ1v) is 7.41. The zero-order chi connectivity index (χ0) is 15.2. The minimum absolute atomic E-state index is 0.0391. The molecule has 1 amide bonds. The molecule has 0 fully saturated rings. The summed E-state index contributed by atoms with van der Waals surface area (Å²) in [5, 5.41) is 3.92. The van der Waals surface area contributed by atoms with Gasteiger partial charge in [-0.05, 0) is 30.9 Å². The van der Waals surface area contributed by atoms with Crippen LogP contribution in [0.1, 0.15) is 32.3 Å². The van der Waals surface area contributed by atoms with Gasteiger partial charge in [-0.15, -0.1) is 0 Å². The van der Waals surface area contributed by atoms with Gasteiger partial charge in [-0.3, -0.25) is 4.79 Å². The first-order chi connectivity index (χ1) is 10.1. The minimum Gasteiger partial charge on any atom is -0.497 e. The maximum atomic E-state index is 11.9. The lowest BCUT2D eigenvalue weighted by atomic mass is 10.1. The molecule has 0 saturated heterocycles. The van der Waals surface area contributed by atoms with Crippen LogP contribution in [0.2, 0.25) is 0 Å². The molecule has 0 unspecified atom stereocenters. The Labute approximate surface area is 125 Å². The van der Waals surface area contributed by atoms with Crippen LogP contribution in [0, 0.1) is 5.92 Å². The standard InChI is InChI=1S/C17H23NO3/c1-12(2)5-4-8-18-17(19)9-13-11-21-16-10-14(20-3)6-7-15(13)16/h6-7,10-12H,4-5,8-9H2,1-3H3,(H,18,19). The third-order valence-corrected chi connectivity index (χ3v) is 3.49. The summed E-state index contributed by atoms with van der Waals surface area (Å²) < 4.78 is 10.6. The van der Waals surface area contributed by atoms with E-state index in [2.05, 4.69) is 19.2 Å². The first kappa shape index (κ1) is 15.4. The molecule has 2 rings (SSSR count). The molecule has 1 aromatic heterocycles. The van der Waals surface area contributed by atoms with E-state index in [1.54, 1.807) is 13.4 Å². The average Bonchev–Trinajstić information content (AvgIpc) is 2.85. The molecule has 1 N–H and O–H groups in total. The number of carbonyl (C=O) groups is 1. The SMILES string of the molecule is COc1ccc2c(CC(=O)NCCCC(C)C)coc2c1. The molecule has 0 spiro atoms. The van der Waals surface area contributed by atoms with Gasteiger partial charge < -0.3 is 14.5 Å². The fourth-order valence-corrected chi connectivity index (χ4v) is 2.30. The van der Waals surface area contributed by atoms with Crippen molar-refractivity contribution in [3.05, 3.63) is 30.0 Å². The van der Waals surface area contributed by atoms with Crippen LogP contribution in [0.5, 0.6) is 5.75 Å². The Kier molecular flexibility index (Phi) is 5.26. The van der Waals surface area contributed by atoms with Crippen molar-refractivity contribution in [3.8, 4) is 5.75 Å². The number of hydrogen-bond donors (Lipinski definition) is 1. The Morgan fingerprint density at radius 2 is 2.19 bits per heavy atom. The lowest BCUT2D eigenvalue weighted by Gasteiger charge is -2.06. The van der Waals surface area contributed by atoms with Crippen molar-refractivity contribution in [2.24, 2.45) is 5.92 Å². The van der Waals surface area contributed by atoms with Gasteiger partial charge in [0.2, 0.25) is 5.91 Å². The van der Waals surface area contributed by atoms with Crippen LogP contribution in [0.25, 0.3) is 11.0 Å². The summed E-state index contributed by atoms with van der Waals surface area (Å²) in [6.07, 6.45) is 4.15. The topological polar surface area (TPSA) is 51.5 Å². The summed E-state index contributed by atoms with van der Waals surface area (Å²) in [5.41, 5.74) is 1.66. The monoisotopic (exact) mass is 289 g/mol. The number of benzene rings is 1. The van der Waals surface area contributed by atoms with Gasteiger partial charge >= 0.3 is 0 Å². The lowest BCUT2D eigenvalue weighted by Crippen LogP contribution is -2.26. The van der Waals surface area contributed by atoms with Crippen LogP contribution in [0.4, 0.5) is 0 Å². The van der Waals surface area contributed by atoms with Gasteiger partial charge in [0.05, 0.1) is 19.8 Å². The van der Waals surface area contributed by atoms with Gasteiger partial charge in [0, 0.05) is 23.6 Å². The smallest absolute Gasteiger partial charge is 0.224 e. The molecule has 1 aromatic carbocycles. The van der Waals surface area contributed by atoms with E-state index in [4.69, 9.17) is 9.15 Å². The summed E-state index contributed by atoms with van der Waals surface area (Å²) in [6, 6.07) is 5.64. The maximum absolute atomic E-state index is 11.9. The van der Waals surface area contributed by atoms with Crippen molar-refractivity contribution in [2.75, 3.05) is 13.7 Å². The van der Waals surface area contributed by atoms with Crippen LogP contribution < -0.4 is 10.1 Å². The Morgan fingerprint density at radius 3 is 2.90 bits per heavy atom. The Balaban J connectivity index is 1.92. The molecule has 2 aromatic rings. The summed E-state index contributed by atoms with van der Waals surface area (Å²) >= 11 is 0. The number of amides is 1. The molecule has 21 heavy (non-hydrogen) atoms. The number of ether oxygens (including phenoxy) is 1. The number of fused-ring (bicyclic) bond motifs is 1. The molecule has 0 atom stereocenters. The third-order valence-electron chi connectivity index (χ3n) is 3.49. The van der Waals surface area contributed by atoms with Crippen LogP contribution in [0.15, 0.2) is 28.9 Å². The number of carbonyl (C=O) groups excluding carboxylic acids is 1. The van der Waals surface area contributed by atoms with E-state index in [1.807, 2.05) is 18.2 Å². The summed E-state index contributed by atoms with van der Waals surface area (Å²) in [5.74, 6) is 1.47. The summed E-state index contributed by atoms with van der Waals surface area (Å²) in [7, 11) is 1.62. The number of methoxy groups -OCH3 is 1. The molecule has 0 saturated carbocycles. The van der Waals surface area contributed by atoms with Gasteiger partial charge in [-0.25, -0.2) is 0 Å². The second-order valence-corrected chi connectivity index (χ2v) is 5.69. The third kappa shape index (κ3) is 4.25. The zero-order valence-electron chi connectivity index (χ0n) is 12.9. The quantitative estimate of drug-likeness (QED) is 0.793. The number of hydrogen-bond acceptors (Lipinski definition) is 3. The highest BCUT2D eigenvalue weighted by Gasteiger charge is 2.11. The minimum atomic E-state index is 0.0391. The van der Waals surface area contributed by atoms with Crippen LogP contribution in [-0.2, 0) is 11.2 Å². The highest BCUT2D eigenvalue weighted by molar-refractivity contribution is 5.88. The number of nitrogens with one attached hydrogen (secondary N) is 1. The average molecular weight is 289 g/mol. The Bertz CT molecular complexity index is 601. The predicted molar refractivity (Wildman–Crippen MR) is 83.6 cm³/mol. The van der Waals surface area contributed by atoms with E-state index < -0.39 is 0 Å². The predicted octanol–water partition coefficient (Wildman–Crippen LogP) is 3.54. The van der Waals surface area contributed by atoms with Crippen molar-refractivity contribution >= 4 is 16.9 Å². The Hall–Kier alpha value is -1.97. The van der Waals surface area contributed by atoms with Gasteiger partial charge in [0.15, 0.2) is 0 Å². The maximum Gasteiger partial charge on any atom is 0.224 e. The number of furan rings is 1. The first-order valence-electron chi connectivity index (χ1n) is 7.41. The van der Waals surface area contributed by atoms with E-state index in [0.717, 1.165) is 41.7 Å². The van der Waals surface area contributed by atoms with Crippen LogP contribution in [-0.4, -0.2) is 19.6 Å².